The number of urea groups is 1. The number of ether oxygens (including phenoxy) is 1. The Labute approximate surface area is 173 Å². The molecule has 0 bridgehead atoms. The first-order valence-electron chi connectivity index (χ1n) is 9.49. The second kappa shape index (κ2) is 9.19. The van der Waals surface area contributed by atoms with Crippen LogP contribution in [-0.2, 0) is 0 Å². The molecule has 0 spiro atoms. The molecule has 2 aromatic carbocycles. The van der Waals surface area contributed by atoms with Gasteiger partial charge in [0.2, 0.25) is 0 Å². The number of nitrogens with zero attached hydrogens (tertiary/aromatic N) is 2. The van der Waals surface area contributed by atoms with Crippen molar-refractivity contribution >= 4 is 32.7 Å². The van der Waals surface area contributed by atoms with E-state index in [4.69, 9.17) is 4.74 Å². The average Bonchev–Trinajstić information content (AvgIpc) is 3.08. The highest BCUT2D eigenvalue weighted by atomic mass is 32.1. The van der Waals surface area contributed by atoms with E-state index in [0.717, 1.165) is 16.6 Å². The molecule has 0 radical (unpaired) electrons. The van der Waals surface area contributed by atoms with Crippen LogP contribution in [0, 0.1) is 5.82 Å². The van der Waals surface area contributed by atoms with Crippen molar-refractivity contribution in [2.45, 2.75) is 39.4 Å². The van der Waals surface area contributed by atoms with Crippen LogP contribution < -0.4 is 15.4 Å². The number of anilines is 1. The molecule has 3 aromatic rings. The number of rotatable bonds is 7. The number of halogens is 1. The molecule has 29 heavy (non-hydrogen) atoms. The van der Waals surface area contributed by atoms with Gasteiger partial charge in [0.05, 0.1) is 16.4 Å². The van der Waals surface area contributed by atoms with Gasteiger partial charge >= 0.3 is 6.03 Å². The third-order valence-electron chi connectivity index (χ3n) is 4.62. The lowest BCUT2D eigenvalue weighted by atomic mass is 10.2. The molecule has 0 fully saturated rings. The molecule has 2 amide bonds. The minimum Gasteiger partial charge on any atom is -0.457 e. The van der Waals surface area contributed by atoms with E-state index in [2.05, 4.69) is 34.4 Å². The fraction of sp³-hybridized carbons (Fsp3) is 0.333. The maximum Gasteiger partial charge on any atom is 0.322 e. The van der Waals surface area contributed by atoms with E-state index < -0.39 is 0 Å². The van der Waals surface area contributed by atoms with Crippen molar-refractivity contribution in [2.75, 3.05) is 12.4 Å². The number of fused-ring (bicyclic) bond motifs is 1. The highest BCUT2D eigenvalue weighted by Gasteiger charge is 2.18. The quantitative estimate of drug-likeness (QED) is 0.504. The number of aromatic nitrogens is 1. The zero-order valence-corrected chi connectivity index (χ0v) is 17.7. The minimum absolute atomic E-state index is 0.0555. The van der Waals surface area contributed by atoms with Crippen LogP contribution in [0.25, 0.3) is 10.2 Å². The van der Waals surface area contributed by atoms with Crippen molar-refractivity contribution in [3.05, 3.63) is 48.3 Å². The Bertz CT molecular complexity index is 974. The molecule has 0 aliphatic rings. The second-order valence-corrected chi connectivity index (χ2v) is 8.02. The second-order valence-electron chi connectivity index (χ2n) is 6.99. The smallest absolute Gasteiger partial charge is 0.322 e. The molecule has 2 N–H and O–H groups in total. The molecule has 0 aliphatic carbocycles. The fourth-order valence-corrected chi connectivity index (χ4v) is 3.69. The largest absolute Gasteiger partial charge is 0.457 e. The summed E-state index contributed by atoms with van der Waals surface area (Å²) in [7, 11) is 1.99. The van der Waals surface area contributed by atoms with Crippen molar-refractivity contribution < 1.29 is 13.9 Å². The molecule has 0 saturated heterocycles. The average molecular weight is 417 g/mol. The lowest BCUT2D eigenvalue weighted by molar-refractivity contribution is 0.162. The van der Waals surface area contributed by atoms with Gasteiger partial charge in [-0.05, 0) is 63.7 Å². The van der Waals surface area contributed by atoms with Crippen molar-refractivity contribution in [3.63, 3.8) is 0 Å². The first-order valence-corrected chi connectivity index (χ1v) is 10.3. The van der Waals surface area contributed by atoms with E-state index in [0.29, 0.717) is 22.7 Å². The van der Waals surface area contributed by atoms with Gasteiger partial charge in [0, 0.05) is 12.1 Å². The lowest BCUT2D eigenvalue weighted by Gasteiger charge is -2.31. The Balaban J connectivity index is 1.67. The topological polar surface area (TPSA) is 66.5 Å². The zero-order valence-electron chi connectivity index (χ0n) is 16.9. The first kappa shape index (κ1) is 21.0. The maximum atomic E-state index is 13.0. The van der Waals surface area contributed by atoms with Gasteiger partial charge in [0.15, 0.2) is 5.13 Å². The van der Waals surface area contributed by atoms with Crippen LogP contribution in [0.5, 0.6) is 11.5 Å². The molecule has 1 unspecified atom stereocenters. The van der Waals surface area contributed by atoms with Gasteiger partial charge in [-0.1, -0.05) is 18.3 Å². The summed E-state index contributed by atoms with van der Waals surface area (Å²) in [4.78, 5) is 18.9. The van der Waals surface area contributed by atoms with Gasteiger partial charge in [0.1, 0.15) is 17.3 Å². The number of nitrogens with one attached hydrogen (secondary N) is 2. The van der Waals surface area contributed by atoms with Crippen molar-refractivity contribution in [2.24, 2.45) is 0 Å². The number of hydrogen-bond acceptors (Lipinski definition) is 5. The van der Waals surface area contributed by atoms with E-state index in [-0.39, 0.29) is 18.0 Å². The summed E-state index contributed by atoms with van der Waals surface area (Å²) in [6, 6.07) is 11.3. The van der Waals surface area contributed by atoms with Crippen molar-refractivity contribution in [1.29, 1.82) is 0 Å². The maximum absolute atomic E-state index is 13.0. The van der Waals surface area contributed by atoms with Crippen LogP contribution in [0.4, 0.5) is 14.3 Å². The molecule has 0 aliphatic heterocycles. The van der Waals surface area contributed by atoms with Crippen molar-refractivity contribution in [1.82, 2.24) is 15.2 Å². The van der Waals surface area contributed by atoms with E-state index in [1.54, 1.807) is 18.2 Å². The highest BCUT2D eigenvalue weighted by Crippen LogP contribution is 2.31. The molecule has 6 nitrogen and oxygen atoms in total. The summed E-state index contributed by atoms with van der Waals surface area (Å²) < 4.78 is 19.7. The fourth-order valence-electron chi connectivity index (χ4n) is 2.80. The number of amides is 2. The highest BCUT2D eigenvalue weighted by molar-refractivity contribution is 7.22. The molecule has 0 saturated carbocycles. The summed E-state index contributed by atoms with van der Waals surface area (Å²) in [6.45, 7) is 6.20. The Hall–Kier alpha value is -2.71. The van der Waals surface area contributed by atoms with E-state index in [1.165, 1.54) is 23.5 Å². The van der Waals surface area contributed by atoms with Gasteiger partial charge in [-0.15, -0.1) is 0 Å². The molecule has 1 heterocycles. The molecule has 8 heteroatoms. The van der Waals surface area contributed by atoms with Gasteiger partial charge < -0.3 is 10.1 Å². The summed E-state index contributed by atoms with van der Waals surface area (Å²) in [5.41, 5.74) is 0.767. The zero-order chi connectivity index (χ0) is 21.0. The Morgan fingerprint density at radius 3 is 2.55 bits per heavy atom. The molecule has 3 rings (SSSR count). The van der Waals surface area contributed by atoms with Gasteiger partial charge in [-0.2, -0.15) is 0 Å². The Kier molecular flexibility index (Phi) is 6.66. The number of hydrogen-bond donors (Lipinski definition) is 2. The van der Waals surface area contributed by atoms with Crippen LogP contribution in [0.2, 0.25) is 0 Å². The number of carbonyl (C=O) groups excluding carboxylic acids is 1. The van der Waals surface area contributed by atoms with Gasteiger partial charge in [-0.3, -0.25) is 10.2 Å². The molecule has 1 aromatic heterocycles. The summed E-state index contributed by atoms with van der Waals surface area (Å²) in [5, 5.41) is 6.30. The third kappa shape index (κ3) is 5.42. The van der Waals surface area contributed by atoms with Crippen molar-refractivity contribution in [3.8, 4) is 11.5 Å². The third-order valence-corrected chi connectivity index (χ3v) is 5.55. The van der Waals surface area contributed by atoms with Crippen LogP contribution in [0.1, 0.15) is 27.2 Å². The Morgan fingerprint density at radius 1 is 1.21 bits per heavy atom. The van der Waals surface area contributed by atoms with Crippen LogP contribution in [-0.4, -0.2) is 35.2 Å². The normalized spacial score (nSPS) is 12.4. The van der Waals surface area contributed by atoms with Crippen LogP contribution >= 0.6 is 11.3 Å². The van der Waals surface area contributed by atoms with E-state index in [9.17, 15) is 9.18 Å². The lowest BCUT2D eigenvalue weighted by Crippen LogP contribution is -2.49. The molecular weight excluding hydrogens is 391 g/mol. The van der Waals surface area contributed by atoms with E-state index >= 15 is 0 Å². The minimum atomic E-state index is -0.311. The predicted octanol–water partition coefficient (Wildman–Crippen LogP) is 5.43. The number of thiazole rings is 1. The van der Waals surface area contributed by atoms with Crippen LogP contribution in [0.3, 0.4) is 0 Å². The molecular formula is C21H25FN4O2S. The van der Waals surface area contributed by atoms with E-state index in [1.807, 2.05) is 26.1 Å². The summed E-state index contributed by atoms with van der Waals surface area (Å²) in [6.07, 6.45) is 0.742. The SMILES string of the molecule is CCC(NC(=O)Nc1nc2ccc(Oc3ccc(F)cc3)cc2s1)N(C)C(C)C. The summed E-state index contributed by atoms with van der Waals surface area (Å²) in [5.74, 6) is 0.857. The van der Waals surface area contributed by atoms with Gasteiger partial charge in [-0.25, -0.2) is 14.2 Å². The molecule has 154 valence electrons. The standard InChI is InChI=1S/C21H25FN4O2S/c1-5-19(26(4)13(2)3)24-20(27)25-21-23-17-11-10-16(12-18(17)29-21)28-15-8-6-14(22)7-9-15/h6-13,19H,5H2,1-4H3,(H2,23,24,25,27). The Morgan fingerprint density at radius 2 is 1.90 bits per heavy atom. The monoisotopic (exact) mass is 416 g/mol. The van der Waals surface area contributed by atoms with Gasteiger partial charge in [0.25, 0.3) is 0 Å². The number of benzene rings is 2. The van der Waals surface area contributed by atoms with Crippen LogP contribution in [0.15, 0.2) is 42.5 Å². The number of carbonyl (C=O) groups is 1. The summed E-state index contributed by atoms with van der Waals surface area (Å²) >= 11 is 1.37. The predicted molar refractivity (Wildman–Crippen MR) is 115 cm³/mol. The first-order chi connectivity index (χ1) is 13.9. The molecule has 1 atom stereocenters.